The Morgan fingerprint density at radius 1 is 1.23 bits per heavy atom. The highest BCUT2D eigenvalue weighted by molar-refractivity contribution is 9.10. The van der Waals surface area contributed by atoms with E-state index in [1.807, 2.05) is 12.1 Å². The van der Waals surface area contributed by atoms with Crippen LogP contribution in [0.15, 0.2) is 47.5 Å². The summed E-state index contributed by atoms with van der Waals surface area (Å²) in [5, 5.41) is 12.3. The summed E-state index contributed by atoms with van der Waals surface area (Å²) in [6, 6.07) is 8.41. The first-order valence-corrected chi connectivity index (χ1v) is 8.54. The number of rotatable bonds is 9. The highest BCUT2D eigenvalue weighted by atomic mass is 79.9. The van der Waals surface area contributed by atoms with E-state index in [-0.39, 0.29) is 5.56 Å². The standard InChI is InChI=1S/C19H20BrNO5/c1-4-7-26-18-14(20)8-12(9-17(18)25-3)11-21-15-10-13(19(22)23)5-6-16(15)24-2/h4-6,8-10,21H,1,7,11H2,2-3H3,(H,22,23). The van der Waals surface area contributed by atoms with E-state index < -0.39 is 5.97 Å². The molecule has 0 radical (unpaired) electrons. The summed E-state index contributed by atoms with van der Waals surface area (Å²) in [7, 11) is 3.10. The Balaban J connectivity index is 2.24. The van der Waals surface area contributed by atoms with E-state index in [0.29, 0.717) is 36.1 Å². The molecule has 0 spiro atoms. The molecule has 0 saturated carbocycles. The number of benzene rings is 2. The van der Waals surface area contributed by atoms with E-state index in [1.165, 1.54) is 19.2 Å². The highest BCUT2D eigenvalue weighted by Gasteiger charge is 2.13. The van der Waals surface area contributed by atoms with Crippen LogP contribution in [0.5, 0.6) is 17.2 Å². The fraction of sp³-hybridized carbons (Fsp3) is 0.211. The number of anilines is 1. The van der Waals surface area contributed by atoms with Gasteiger partial charge in [0.25, 0.3) is 0 Å². The number of hydrogen-bond acceptors (Lipinski definition) is 5. The van der Waals surface area contributed by atoms with E-state index in [2.05, 4.69) is 27.8 Å². The van der Waals surface area contributed by atoms with Crippen LogP contribution in [0.3, 0.4) is 0 Å². The molecule has 0 heterocycles. The van der Waals surface area contributed by atoms with Crippen molar-refractivity contribution in [3.8, 4) is 17.2 Å². The quantitative estimate of drug-likeness (QED) is 0.586. The summed E-state index contributed by atoms with van der Waals surface area (Å²) in [5.74, 6) is 0.752. The van der Waals surface area contributed by atoms with Crippen molar-refractivity contribution >= 4 is 27.6 Å². The van der Waals surface area contributed by atoms with Gasteiger partial charge in [0, 0.05) is 6.54 Å². The molecule has 6 nitrogen and oxygen atoms in total. The summed E-state index contributed by atoms with van der Waals surface area (Å²) >= 11 is 3.48. The third kappa shape index (κ3) is 4.70. The first-order valence-electron chi connectivity index (χ1n) is 7.75. The molecule has 2 rings (SSSR count). The van der Waals surface area contributed by atoms with Crippen LogP contribution in [0.1, 0.15) is 15.9 Å². The normalized spacial score (nSPS) is 10.1. The Labute approximate surface area is 160 Å². The molecule has 0 fully saturated rings. The van der Waals surface area contributed by atoms with Crippen molar-refractivity contribution < 1.29 is 24.1 Å². The van der Waals surface area contributed by atoms with Crippen molar-refractivity contribution in [1.82, 2.24) is 0 Å². The van der Waals surface area contributed by atoms with Crippen LogP contribution in [-0.4, -0.2) is 31.9 Å². The lowest BCUT2D eigenvalue weighted by atomic mass is 10.1. The largest absolute Gasteiger partial charge is 0.495 e. The van der Waals surface area contributed by atoms with Crippen molar-refractivity contribution in [3.05, 3.63) is 58.6 Å². The third-order valence-electron chi connectivity index (χ3n) is 3.56. The maximum Gasteiger partial charge on any atom is 0.335 e. The predicted molar refractivity (Wildman–Crippen MR) is 104 cm³/mol. The molecule has 26 heavy (non-hydrogen) atoms. The zero-order valence-electron chi connectivity index (χ0n) is 14.5. The Kier molecular flexibility index (Phi) is 6.91. The van der Waals surface area contributed by atoms with Gasteiger partial charge >= 0.3 is 5.97 Å². The van der Waals surface area contributed by atoms with Gasteiger partial charge < -0.3 is 24.6 Å². The number of nitrogens with one attached hydrogen (secondary N) is 1. The van der Waals surface area contributed by atoms with Gasteiger partial charge in [-0.25, -0.2) is 4.79 Å². The molecule has 2 aromatic rings. The third-order valence-corrected chi connectivity index (χ3v) is 4.15. The summed E-state index contributed by atoms with van der Waals surface area (Å²) < 4.78 is 17.0. The fourth-order valence-corrected chi connectivity index (χ4v) is 2.94. The van der Waals surface area contributed by atoms with E-state index in [1.54, 1.807) is 19.3 Å². The molecule has 0 unspecified atom stereocenters. The minimum atomic E-state index is -0.996. The molecule has 0 aromatic heterocycles. The Hall–Kier alpha value is -2.67. The van der Waals surface area contributed by atoms with E-state index in [4.69, 9.17) is 19.3 Å². The van der Waals surface area contributed by atoms with Crippen LogP contribution in [0.4, 0.5) is 5.69 Å². The van der Waals surface area contributed by atoms with Gasteiger partial charge in [-0.05, 0) is 51.8 Å². The molecule has 2 N–H and O–H groups in total. The van der Waals surface area contributed by atoms with Crippen LogP contribution in [0.25, 0.3) is 0 Å². The van der Waals surface area contributed by atoms with Gasteiger partial charge in [0.2, 0.25) is 0 Å². The molecule has 0 aliphatic heterocycles. The van der Waals surface area contributed by atoms with Crippen LogP contribution < -0.4 is 19.5 Å². The second-order valence-electron chi connectivity index (χ2n) is 5.28. The molecule has 0 amide bonds. The van der Waals surface area contributed by atoms with Crippen molar-refractivity contribution in [1.29, 1.82) is 0 Å². The Morgan fingerprint density at radius 3 is 2.58 bits per heavy atom. The first-order chi connectivity index (χ1) is 12.5. The van der Waals surface area contributed by atoms with Crippen molar-refractivity contribution in [2.75, 3.05) is 26.1 Å². The topological polar surface area (TPSA) is 77.0 Å². The van der Waals surface area contributed by atoms with Crippen molar-refractivity contribution in [2.24, 2.45) is 0 Å². The maximum absolute atomic E-state index is 11.2. The molecule has 7 heteroatoms. The van der Waals surface area contributed by atoms with Gasteiger partial charge in [0.05, 0.1) is 29.9 Å². The lowest BCUT2D eigenvalue weighted by Crippen LogP contribution is -2.05. The average Bonchev–Trinajstić information content (AvgIpc) is 2.64. The molecule has 0 atom stereocenters. The zero-order chi connectivity index (χ0) is 19.1. The van der Waals surface area contributed by atoms with Crippen LogP contribution in [-0.2, 0) is 6.54 Å². The van der Waals surface area contributed by atoms with Crippen LogP contribution in [0, 0.1) is 0 Å². The number of ether oxygens (including phenoxy) is 3. The van der Waals surface area contributed by atoms with Crippen molar-refractivity contribution in [2.45, 2.75) is 6.54 Å². The highest BCUT2D eigenvalue weighted by Crippen LogP contribution is 2.37. The van der Waals surface area contributed by atoms with Gasteiger partial charge in [-0.3, -0.25) is 0 Å². The number of aromatic carboxylic acids is 1. The molecule has 0 bridgehead atoms. The monoisotopic (exact) mass is 421 g/mol. The fourth-order valence-electron chi connectivity index (χ4n) is 2.33. The number of carbonyl (C=O) groups is 1. The SMILES string of the molecule is C=CCOc1c(Br)cc(CNc2cc(C(=O)O)ccc2OC)cc1OC. The minimum Gasteiger partial charge on any atom is -0.495 e. The van der Waals surface area contributed by atoms with Gasteiger partial charge in [0.15, 0.2) is 11.5 Å². The molecule has 0 aliphatic carbocycles. The molecular weight excluding hydrogens is 402 g/mol. The second-order valence-corrected chi connectivity index (χ2v) is 6.14. The predicted octanol–water partition coefficient (Wildman–Crippen LogP) is 4.34. The zero-order valence-corrected chi connectivity index (χ0v) is 16.1. The molecule has 0 saturated heterocycles. The van der Waals surface area contributed by atoms with Crippen LogP contribution in [0.2, 0.25) is 0 Å². The minimum absolute atomic E-state index is 0.181. The Bertz CT molecular complexity index is 807. The maximum atomic E-state index is 11.2. The molecule has 0 aliphatic rings. The van der Waals surface area contributed by atoms with E-state index >= 15 is 0 Å². The van der Waals surface area contributed by atoms with E-state index in [0.717, 1.165) is 10.0 Å². The van der Waals surface area contributed by atoms with Gasteiger partial charge in [0.1, 0.15) is 12.4 Å². The molecular formula is C19H20BrNO5. The number of carboxylic acid groups (broad SMARTS) is 1. The summed E-state index contributed by atoms with van der Waals surface area (Å²) in [6.45, 7) is 4.44. The number of methoxy groups -OCH3 is 2. The lowest BCUT2D eigenvalue weighted by molar-refractivity contribution is 0.0697. The summed E-state index contributed by atoms with van der Waals surface area (Å²) in [4.78, 5) is 11.2. The number of halogens is 1. The number of hydrogen-bond donors (Lipinski definition) is 2. The lowest BCUT2D eigenvalue weighted by Gasteiger charge is -2.15. The summed E-state index contributed by atoms with van der Waals surface area (Å²) in [6.07, 6.45) is 1.66. The number of carboxylic acids is 1. The second kappa shape index (κ2) is 9.15. The summed E-state index contributed by atoms with van der Waals surface area (Å²) in [5.41, 5.74) is 1.69. The van der Waals surface area contributed by atoms with Crippen molar-refractivity contribution in [3.63, 3.8) is 0 Å². The molecule has 2 aromatic carbocycles. The average molecular weight is 422 g/mol. The smallest absolute Gasteiger partial charge is 0.335 e. The first kappa shape index (κ1) is 19.7. The Morgan fingerprint density at radius 2 is 1.96 bits per heavy atom. The van der Waals surface area contributed by atoms with Gasteiger partial charge in [-0.1, -0.05) is 12.7 Å². The van der Waals surface area contributed by atoms with Crippen LogP contribution >= 0.6 is 15.9 Å². The van der Waals surface area contributed by atoms with Gasteiger partial charge in [-0.15, -0.1) is 0 Å². The van der Waals surface area contributed by atoms with E-state index in [9.17, 15) is 4.79 Å². The van der Waals surface area contributed by atoms with Gasteiger partial charge in [-0.2, -0.15) is 0 Å². The molecule has 138 valence electrons.